The van der Waals surface area contributed by atoms with E-state index < -0.39 is 40.9 Å². The Bertz CT molecular complexity index is 1400. The van der Waals surface area contributed by atoms with Crippen LogP contribution in [0.25, 0.3) is 16.7 Å². The highest BCUT2D eigenvalue weighted by atomic mass is 19.4. The molecule has 4 rings (SSSR count). The second-order valence-corrected chi connectivity index (χ2v) is 6.87. The summed E-state index contributed by atoms with van der Waals surface area (Å²) < 4.78 is 57.5. The predicted octanol–water partition coefficient (Wildman–Crippen LogP) is 3.58. The normalized spacial score (nSPS) is 11.9. The molecule has 6 nitrogen and oxygen atoms in total. The number of hydrogen-bond acceptors (Lipinski definition) is 3. The van der Waals surface area contributed by atoms with E-state index in [4.69, 9.17) is 0 Å². The lowest BCUT2D eigenvalue weighted by atomic mass is 10.1. The fourth-order valence-corrected chi connectivity index (χ4v) is 3.50. The smallest absolute Gasteiger partial charge is 0.331 e. The van der Waals surface area contributed by atoms with Gasteiger partial charge in [-0.2, -0.15) is 13.2 Å². The van der Waals surface area contributed by atoms with Crippen LogP contribution in [0, 0.1) is 5.82 Å². The van der Waals surface area contributed by atoms with Gasteiger partial charge in [0, 0.05) is 18.8 Å². The number of alkyl halides is 3. The molecule has 0 saturated carbocycles. The Balaban J connectivity index is 1.83. The van der Waals surface area contributed by atoms with Gasteiger partial charge in [-0.25, -0.2) is 14.2 Å². The molecular weight excluding hydrogens is 416 g/mol. The molecule has 0 spiro atoms. The van der Waals surface area contributed by atoms with E-state index in [9.17, 15) is 27.2 Å². The number of benzene rings is 2. The number of aryl methyl sites for hydroxylation is 1. The first-order valence-corrected chi connectivity index (χ1v) is 9.33. The van der Waals surface area contributed by atoms with Crippen molar-refractivity contribution in [1.29, 1.82) is 0 Å². The van der Waals surface area contributed by atoms with E-state index >= 15 is 0 Å². The third-order valence-electron chi connectivity index (χ3n) is 5.00. The van der Waals surface area contributed by atoms with Crippen molar-refractivity contribution in [2.24, 2.45) is 0 Å². The molecule has 0 atom stereocenters. The van der Waals surface area contributed by atoms with Crippen molar-refractivity contribution in [3.05, 3.63) is 92.8 Å². The molecule has 2 heterocycles. The lowest BCUT2D eigenvalue weighted by Gasteiger charge is -2.15. The second-order valence-electron chi connectivity index (χ2n) is 6.87. The van der Waals surface area contributed by atoms with Gasteiger partial charge in [0.05, 0.1) is 35.2 Å². The summed E-state index contributed by atoms with van der Waals surface area (Å²) in [6.45, 7) is 1.94. The number of rotatable bonds is 4. The molecule has 0 aliphatic heterocycles. The maximum atomic E-state index is 13.9. The molecule has 0 aliphatic rings. The number of fused-ring (bicyclic) bond motifs is 1. The quantitative estimate of drug-likeness (QED) is 0.463. The predicted molar refractivity (Wildman–Crippen MR) is 106 cm³/mol. The van der Waals surface area contributed by atoms with Crippen LogP contribution in [-0.2, 0) is 19.3 Å². The summed E-state index contributed by atoms with van der Waals surface area (Å²) in [5.74, 6) is -1.47. The molecular formula is C21H16F4N4O2. The summed E-state index contributed by atoms with van der Waals surface area (Å²) in [4.78, 5) is 29.5. The van der Waals surface area contributed by atoms with E-state index in [0.29, 0.717) is 28.4 Å². The molecule has 2 aromatic heterocycles. The van der Waals surface area contributed by atoms with E-state index in [0.717, 1.165) is 28.3 Å². The Morgan fingerprint density at radius 1 is 1.06 bits per heavy atom. The summed E-state index contributed by atoms with van der Waals surface area (Å²) in [7, 11) is 0. The van der Waals surface area contributed by atoms with Crippen LogP contribution in [0.15, 0.2) is 64.6 Å². The van der Waals surface area contributed by atoms with Crippen LogP contribution >= 0.6 is 0 Å². The second kappa shape index (κ2) is 7.53. The van der Waals surface area contributed by atoms with Crippen LogP contribution in [0.1, 0.15) is 18.1 Å². The Morgan fingerprint density at radius 3 is 2.55 bits per heavy atom. The number of halogens is 4. The van der Waals surface area contributed by atoms with Crippen molar-refractivity contribution < 1.29 is 17.6 Å². The van der Waals surface area contributed by atoms with Crippen LogP contribution < -0.4 is 11.2 Å². The highest BCUT2D eigenvalue weighted by molar-refractivity contribution is 5.77. The van der Waals surface area contributed by atoms with E-state index in [-0.39, 0.29) is 0 Å². The molecule has 160 valence electrons. The number of hydrogen-bond donors (Lipinski definition) is 0. The van der Waals surface area contributed by atoms with E-state index in [1.54, 1.807) is 24.5 Å². The molecule has 31 heavy (non-hydrogen) atoms. The maximum absolute atomic E-state index is 13.9. The van der Waals surface area contributed by atoms with Crippen molar-refractivity contribution in [2.45, 2.75) is 26.2 Å². The molecule has 0 N–H and O–H groups in total. The van der Waals surface area contributed by atoms with Crippen molar-refractivity contribution in [2.75, 3.05) is 0 Å². The van der Waals surface area contributed by atoms with Gasteiger partial charge in [0.1, 0.15) is 5.82 Å². The largest absolute Gasteiger partial charge is 0.419 e. The summed E-state index contributed by atoms with van der Waals surface area (Å²) >= 11 is 0. The molecule has 0 unspecified atom stereocenters. The van der Waals surface area contributed by atoms with Gasteiger partial charge in [-0.15, -0.1) is 0 Å². The first-order chi connectivity index (χ1) is 14.7. The third-order valence-corrected chi connectivity index (χ3v) is 5.00. The van der Waals surface area contributed by atoms with Gasteiger partial charge in [0.2, 0.25) is 0 Å². The van der Waals surface area contributed by atoms with Crippen molar-refractivity contribution in [1.82, 2.24) is 18.7 Å². The highest BCUT2D eigenvalue weighted by Gasteiger charge is 2.36. The summed E-state index contributed by atoms with van der Waals surface area (Å²) in [6.07, 6.45) is -2.07. The molecule has 0 aliphatic carbocycles. The molecule has 0 saturated heterocycles. The van der Waals surface area contributed by atoms with Crippen LogP contribution in [0.3, 0.4) is 0 Å². The van der Waals surface area contributed by atoms with Gasteiger partial charge in [0.25, 0.3) is 5.56 Å². The lowest BCUT2D eigenvalue weighted by Crippen LogP contribution is -2.39. The monoisotopic (exact) mass is 432 g/mol. The first kappa shape index (κ1) is 20.6. The van der Waals surface area contributed by atoms with Gasteiger partial charge in [-0.1, -0.05) is 12.1 Å². The van der Waals surface area contributed by atoms with Crippen molar-refractivity contribution >= 4 is 11.0 Å². The zero-order chi connectivity index (χ0) is 22.3. The Morgan fingerprint density at radius 2 is 1.84 bits per heavy atom. The van der Waals surface area contributed by atoms with E-state index in [2.05, 4.69) is 4.98 Å². The minimum absolute atomic E-state index is 0.392. The molecule has 0 fully saturated rings. The topological polar surface area (TPSA) is 61.8 Å². The average Bonchev–Trinajstić information content (AvgIpc) is 3.12. The maximum Gasteiger partial charge on any atom is 0.419 e. The van der Waals surface area contributed by atoms with Crippen LogP contribution in [0.4, 0.5) is 17.6 Å². The van der Waals surface area contributed by atoms with Gasteiger partial charge in [0.15, 0.2) is 0 Å². The van der Waals surface area contributed by atoms with Gasteiger partial charge in [-0.3, -0.25) is 13.9 Å². The molecule has 4 aromatic rings. The SMILES string of the molecule is CCn1cnc2cc(-n3ccc(=O)n(Cc4cccc(F)c4C(F)(F)F)c3=O)ccc21. The van der Waals surface area contributed by atoms with Gasteiger partial charge in [-0.05, 0) is 36.8 Å². The summed E-state index contributed by atoms with van der Waals surface area (Å²) in [6, 6.07) is 8.95. The molecule has 0 bridgehead atoms. The van der Waals surface area contributed by atoms with Crippen LogP contribution in [-0.4, -0.2) is 18.7 Å². The third kappa shape index (κ3) is 3.65. The summed E-state index contributed by atoms with van der Waals surface area (Å²) in [5.41, 5.74) is -1.79. The Labute approximate surface area is 172 Å². The number of imidazole rings is 1. The zero-order valence-corrected chi connectivity index (χ0v) is 16.2. The van der Waals surface area contributed by atoms with Gasteiger partial charge < -0.3 is 4.57 Å². The zero-order valence-electron chi connectivity index (χ0n) is 16.2. The molecule has 0 amide bonds. The Kier molecular flexibility index (Phi) is 5.00. The molecule has 2 aromatic carbocycles. The van der Waals surface area contributed by atoms with Crippen LogP contribution in [0.5, 0.6) is 0 Å². The number of aromatic nitrogens is 4. The van der Waals surface area contributed by atoms with Gasteiger partial charge >= 0.3 is 11.9 Å². The minimum Gasteiger partial charge on any atom is -0.331 e. The Hall–Kier alpha value is -3.69. The number of nitrogens with zero attached hydrogens (tertiary/aromatic N) is 4. The summed E-state index contributed by atoms with van der Waals surface area (Å²) in [5, 5.41) is 0. The molecule has 0 radical (unpaired) electrons. The average molecular weight is 432 g/mol. The standard InChI is InChI=1S/C21H16F4N4O2/c1-2-27-12-26-16-10-14(6-7-17(16)27)28-9-8-18(30)29(20(28)31)11-13-4-3-5-15(22)19(13)21(23,24)25/h3-10,12H,2,11H2,1H3. The first-order valence-electron chi connectivity index (χ1n) is 9.33. The van der Waals surface area contributed by atoms with E-state index in [1.807, 2.05) is 11.5 Å². The van der Waals surface area contributed by atoms with Crippen molar-refractivity contribution in [3.8, 4) is 5.69 Å². The fraction of sp³-hybridized carbons (Fsp3) is 0.190. The molecule has 10 heteroatoms. The van der Waals surface area contributed by atoms with Crippen LogP contribution in [0.2, 0.25) is 0 Å². The fourth-order valence-electron chi connectivity index (χ4n) is 3.50. The van der Waals surface area contributed by atoms with Crippen molar-refractivity contribution in [3.63, 3.8) is 0 Å². The highest BCUT2D eigenvalue weighted by Crippen LogP contribution is 2.34. The van der Waals surface area contributed by atoms with E-state index in [1.165, 1.54) is 6.20 Å². The lowest BCUT2D eigenvalue weighted by molar-refractivity contribution is -0.140. The minimum atomic E-state index is -4.97.